The predicted molar refractivity (Wildman–Crippen MR) is 72.0 cm³/mol. The minimum atomic E-state index is 0.162. The number of carbonyl (C=O) groups is 1. The summed E-state index contributed by atoms with van der Waals surface area (Å²) in [5.74, 6) is 0.162. The highest BCUT2D eigenvalue weighted by Gasteiger charge is 1.99. The lowest BCUT2D eigenvalue weighted by Gasteiger charge is -2.05. The van der Waals surface area contributed by atoms with Gasteiger partial charge in [0.2, 0.25) is 5.91 Å². The zero-order chi connectivity index (χ0) is 13.1. The van der Waals surface area contributed by atoms with E-state index in [1.807, 2.05) is 12.5 Å². The van der Waals surface area contributed by atoms with Gasteiger partial charge in [0.05, 0.1) is 6.33 Å². The van der Waals surface area contributed by atoms with Crippen molar-refractivity contribution in [2.75, 3.05) is 13.1 Å². The van der Waals surface area contributed by atoms with Gasteiger partial charge >= 0.3 is 0 Å². The summed E-state index contributed by atoms with van der Waals surface area (Å²) in [5.41, 5.74) is 5.39. The van der Waals surface area contributed by atoms with Gasteiger partial charge in [0.1, 0.15) is 0 Å². The molecule has 1 amide bonds. The number of imidazole rings is 1. The molecule has 3 N–H and O–H groups in total. The lowest BCUT2D eigenvalue weighted by Crippen LogP contribution is -2.24. The number of carbonyl (C=O) groups excluding carboxylic acids is 1. The zero-order valence-corrected chi connectivity index (χ0v) is 11.0. The molecule has 0 saturated carbocycles. The van der Waals surface area contributed by atoms with E-state index in [4.69, 9.17) is 5.73 Å². The van der Waals surface area contributed by atoms with Crippen LogP contribution in [-0.4, -0.2) is 28.5 Å². The topological polar surface area (TPSA) is 72.9 Å². The monoisotopic (exact) mass is 252 g/mol. The first-order valence-corrected chi connectivity index (χ1v) is 6.75. The van der Waals surface area contributed by atoms with Gasteiger partial charge in [0.25, 0.3) is 0 Å². The molecule has 0 aromatic carbocycles. The van der Waals surface area contributed by atoms with E-state index in [1.54, 1.807) is 6.20 Å². The van der Waals surface area contributed by atoms with Crippen molar-refractivity contribution in [2.24, 2.45) is 5.73 Å². The largest absolute Gasteiger partial charge is 0.356 e. The van der Waals surface area contributed by atoms with Crippen molar-refractivity contribution in [1.82, 2.24) is 14.9 Å². The van der Waals surface area contributed by atoms with Crippen LogP contribution in [0.5, 0.6) is 0 Å². The summed E-state index contributed by atoms with van der Waals surface area (Å²) in [6.07, 6.45) is 11.2. The zero-order valence-electron chi connectivity index (χ0n) is 11.0. The van der Waals surface area contributed by atoms with Crippen LogP contribution in [0, 0.1) is 0 Å². The van der Waals surface area contributed by atoms with E-state index < -0.39 is 0 Å². The minimum absolute atomic E-state index is 0.162. The molecule has 0 spiro atoms. The molecule has 0 radical (unpaired) electrons. The third-order valence-electron chi connectivity index (χ3n) is 2.83. The average molecular weight is 252 g/mol. The fourth-order valence-electron chi connectivity index (χ4n) is 1.76. The SMILES string of the molecule is NCCCCCC(=O)NCCCCn1ccnc1. The molecule has 0 atom stereocenters. The van der Waals surface area contributed by atoms with Crippen LogP contribution in [0.3, 0.4) is 0 Å². The van der Waals surface area contributed by atoms with Gasteiger partial charge in [0.15, 0.2) is 0 Å². The second kappa shape index (κ2) is 9.65. The Morgan fingerprint density at radius 3 is 2.83 bits per heavy atom. The van der Waals surface area contributed by atoms with Crippen LogP contribution in [0.1, 0.15) is 38.5 Å². The molecule has 0 bridgehead atoms. The van der Waals surface area contributed by atoms with Gasteiger partial charge in [-0.2, -0.15) is 0 Å². The molecule has 1 aromatic heterocycles. The third-order valence-corrected chi connectivity index (χ3v) is 2.83. The number of nitrogens with zero attached hydrogens (tertiary/aromatic N) is 2. The van der Waals surface area contributed by atoms with Crippen LogP contribution in [0.4, 0.5) is 0 Å². The molecule has 0 aliphatic heterocycles. The van der Waals surface area contributed by atoms with Gasteiger partial charge in [-0.05, 0) is 32.2 Å². The number of unbranched alkanes of at least 4 members (excludes halogenated alkanes) is 3. The van der Waals surface area contributed by atoms with Crippen LogP contribution in [0.25, 0.3) is 0 Å². The highest BCUT2D eigenvalue weighted by Crippen LogP contribution is 1.99. The Morgan fingerprint density at radius 1 is 1.22 bits per heavy atom. The number of hydrogen-bond acceptors (Lipinski definition) is 3. The molecular formula is C13H24N4O. The molecule has 1 aromatic rings. The maximum Gasteiger partial charge on any atom is 0.219 e. The molecule has 0 aliphatic carbocycles. The van der Waals surface area contributed by atoms with Gasteiger partial charge in [-0.25, -0.2) is 4.98 Å². The lowest BCUT2D eigenvalue weighted by molar-refractivity contribution is -0.121. The predicted octanol–water partition coefficient (Wildman–Crippen LogP) is 1.30. The number of rotatable bonds is 10. The highest BCUT2D eigenvalue weighted by molar-refractivity contribution is 5.75. The maximum absolute atomic E-state index is 11.4. The lowest BCUT2D eigenvalue weighted by atomic mass is 10.2. The Labute approximate surface area is 109 Å². The second-order valence-corrected chi connectivity index (χ2v) is 4.46. The number of amides is 1. The van der Waals surface area contributed by atoms with Gasteiger partial charge in [-0.15, -0.1) is 0 Å². The molecular weight excluding hydrogens is 228 g/mol. The van der Waals surface area contributed by atoms with Crippen molar-refractivity contribution < 1.29 is 4.79 Å². The molecule has 0 aliphatic rings. The normalized spacial score (nSPS) is 10.5. The summed E-state index contributed by atoms with van der Waals surface area (Å²) in [4.78, 5) is 15.4. The minimum Gasteiger partial charge on any atom is -0.356 e. The third kappa shape index (κ3) is 7.06. The van der Waals surface area contributed by atoms with E-state index in [2.05, 4.69) is 14.9 Å². The smallest absolute Gasteiger partial charge is 0.219 e. The van der Waals surface area contributed by atoms with Crippen molar-refractivity contribution in [3.05, 3.63) is 18.7 Å². The Morgan fingerprint density at radius 2 is 2.11 bits per heavy atom. The Bertz CT molecular complexity index is 311. The molecule has 5 heteroatoms. The summed E-state index contributed by atoms with van der Waals surface area (Å²) >= 11 is 0. The fraction of sp³-hybridized carbons (Fsp3) is 0.692. The Kier molecular flexibility index (Phi) is 7.88. The molecule has 1 rings (SSSR count). The van der Waals surface area contributed by atoms with Crippen LogP contribution in [0.15, 0.2) is 18.7 Å². The summed E-state index contributed by atoms with van der Waals surface area (Å²) in [6, 6.07) is 0. The van der Waals surface area contributed by atoms with Crippen molar-refractivity contribution in [2.45, 2.75) is 45.1 Å². The van der Waals surface area contributed by atoms with Crippen LogP contribution >= 0.6 is 0 Å². The summed E-state index contributed by atoms with van der Waals surface area (Å²) < 4.78 is 2.05. The maximum atomic E-state index is 11.4. The molecule has 0 unspecified atom stereocenters. The van der Waals surface area contributed by atoms with Crippen LogP contribution in [-0.2, 0) is 11.3 Å². The summed E-state index contributed by atoms with van der Waals surface area (Å²) in [5, 5.41) is 2.94. The molecule has 5 nitrogen and oxygen atoms in total. The summed E-state index contributed by atoms with van der Waals surface area (Å²) in [7, 11) is 0. The van der Waals surface area contributed by atoms with Gasteiger partial charge in [0, 0.05) is 31.9 Å². The number of nitrogens with one attached hydrogen (secondary N) is 1. The van der Waals surface area contributed by atoms with E-state index in [1.165, 1.54) is 0 Å². The van der Waals surface area contributed by atoms with E-state index in [-0.39, 0.29) is 5.91 Å². The van der Waals surface area contributed by atoms with E-state index in [9.17, 15) is 4.79 Å². The van der Waals surface area contributed by atoms with Gasteiger partial charge in [-0.1, -0.05) is 6.42 Å². The second-order valence-electron chi connectivity index (χ2n) is 4.46. The fourth-order valence-corrected chi connectivity index (χ4v) is 1.76. The van der Waals surface area contributed by atoms with Crippen molar-refractivity contribution in [3.63, 3.8) is 0 Å². The molecule has 0 fully saturated rings. The molecule has 18 heavy (non-hydrogen) atoms. The number of nitrogens with two attached hydrogens (primary N) is 1. The molecule has 102 valence electrons. The van der Waals surface area contributed by atoms with Crippen molar-refractivity contribution in [1.29, 1.82) is 0 Å². The molecule has 0 saturated heterocycles. The first-order chi connectivity index (χ1) is 8.83. The number of hydrogen-bond donors (Lipinski definition) is 2. The average Bonchev–Trinajstić information content (AvgIpc) is 2.87. The first kappa shape index (κ1) is 14.7. The van der Waals surface area contributed by atoms with Gasteiger partial charge < -0.3 is 15.6 Å². The Hall–Kier alpha value is -1.36. The van der Waals surface area contributed by atoms with Crippen LogP contribution < -0.4 is 11.1 Å². The first-order valence-electron chi connectivity index (χ1n) is 6.75. The Balaban J connectivity index is 1.89. The summed E-state index contributed by atoms with van der Waals surface area (Å²) in [6.45, 7) is 2.45. The van der Waals surface area contributed by atoms with E-state index in [0.29, 0.717) is 6.42 Å². The van der Waals surface area contributed by atoms with Crippen LogP contribution in [0.2, 0.25) is 0 Å². The van der Waals surface area contributed by atoms with Crippen molar-refractivity contribution in [3.8, 4) is 0 Å². The molecule has 1 heterocycles. The van der Waals surface area contributed by atoms with E-state index in [0.717, 1.165) is 51.7 Å². The number of aryl methyl sites for hydroxylation is 1. The van der Waals surface area contributed by atoms with Crippen molar-refractivity contribution >= 4 is 5.91 Å². The quantitative estimate of drug-likeness (QED) is 0.616. The number of aromatic nitrogens is 2. The van der Waals surface area contributed by atoms with E-state index >= 15 is 0 Å². The highest BCUT2D eigenvalue weighted by atomic mass is 16.1. The standard InChI is InChI=1S/C13H24N4O/c14-7-3-1-2-6-13(18)16-8-4-5-10-17-11-9-15-12-17/h9,11-12H,1-8,10,14H2,(H,16,18). The van der Waals surface area contributed by atoms with Gasteiger partial charge in [-0.3, -0.25) is 4.79 Å².